The van der Waals surface area contributed by atoms with Crippen LogP contribution in [0.5, 0.6) is 0 Å². The van der Waals surface area contributed by atoms with E-state index in [1.165, 1.54) is 0 Å². The summed E-state index contributed by atoms with van der Waals surface area (Å²) in [7, 11) is 0. The maximum Gasteiger partial charge on any atom is 0.284 e. The van der Waals surface area contributed by atoms with Crippen LogP contribution in [-0.4, -0.2) is 35.9 Å². The first-order valence-corrected chi connectivity index (χ1v) is 4.99. The third-order valence-electron chi connectivity index (χ3n) is 2.02. The van der Waals surface area contributed by atoms with Gasteiger partial charge in [0, 0.05) is 26.0 Å². The Morgan fingerprint density at radius 2 is 1.88 bits per heavy atom. The molecule has 6 nitrogen and oxygen atoms in total. The Bertz CT molecular complexity index is 287. The van der Waals surface area contributed by atoms with Gasteiger partial charge in [0.15, 0.2) is 0 Å². The average molecular weight is 230 g/mol. The molecule has 0 rings (SSSR count). The monoisotopic (exact) mass is 230 g/mol. The van der Waals surface area contributed by atoms with Crippen LogP contribution >= 0.6 is 0 Å². The molecule has 0 aliphatic carbocycles. The lowest BCUT2D eigenvalue weighted by Gasteiger charge is -2.20. The van der Waals surface area contributed by atoms with Crippen LogP contribution in [0.25, 0.3) is 0 Å². The summed E-state index contributed by atoms with van der Waals surface area (Å²) in [5, 5.41) is 11.4. The number of primary amides is 1. The molecule has 0 bridgehead atoms. The summed E-state index contributed by atoms with van der Waals surface area (Å²) < 4.78 is 0. The van der Waals surface area contributed by atoms with Gasteiger partial charge in [0.2, 0.25) is 11.7 Å². The number of hydrogen-bond acceptors (Lipinski definition) is 4. The molecule has 0 radical (unpaired) electrons. The predicted molar refractivity (Wildman–Crippen MR) is 57.3 cm³/mol. The van der Waals surface area contributed by atoms with Crippen molar-refractivity contribution in [2.45, 2.75) is 26.7 Å². The van der Waals surface area contributed by atoms with Crippen LogP contribution in [0.3, 0.4) is 0 Å². The average Bonchev–Trinajstić information content (AvgIpc) is 2.16. The molecule has 0 aliphatic heterocycles. The van der Waals surface area contributed by atoms with Crippen LogP contribution in [0.2, 0.25) is 0 Å². The number of amides is 2. The fourth-order valence-corrected chi connectivity index (χ4v) is 0.992. The van der Waals surface area contributed by atoms with Crippen molar-refractivity contribution in [2.24, 2.45) is 11.1 Å². The molecule has 0 aliphatic rings. The first-order valence-electron chi connectivity index (χ1n) is 4.99. The normalized spacial score (nSPS) is 10.9. The van der Waals surface area contributed by atoms with Gasteiger partial charge in [-0.1, -0.05) is 13.8 Å². The summed E-state index contributed by atoms with van der Waals surface area (Å²) in [4.78, 5) is 32.5. The lowest BCUT2D eigenvalue weighted by Crippen LogP contribution is -2.33. The van der Waals surface area contributed by atoms with E-state index in [4.69, 9.17) is 10.8 Å². The molecule has 0 fully saturated rings. The summed E-state index contributed by atoms with van der Waals surface area (Å²) >= 11 is 0. The zero-order chi connectivity index (χ0) is 12.8. The zero-order valence-electron chi connectivity index (χ0n) is 9.58. The van der Waals surface area contributed by atoms with E-state index in [-0.39, 0.29) is 31.9 Å². The Balaban J connectivity index is 3.83. The maximum atomic E-state index is 11.3. The topological polar surface area (TPSA) is 109 Å². The minimum atomic E-state index is -0.995. The smallest absolute Gasteiger partial charge is 0.284 e. The number of nitrogens with two attached hydrogens (primary N) is 1. The number of Topliss-reactive ketones (excluding diaryl/α,β-unsaturated/α-hetero) is 1. The van der Waals surface area contributed by atoms with Crippen LogP contribution in [0.4, 0.5) is 0 Å². The SMILES string of the molecule is CC(C)(CO)CC(=O)NCCC(=O)C(N)=O. The van der Waals surface area contributed by atoms with E-state index in [2.05, 4.69) is 5.32 Å². The Kier molecular flexibility index (Phi) is 5.66. The first-order chi connectivity index (χ1) is 7.28. The lowest BCUT2D eigenvalue weighted by molar-refractivity contribution is -0.136. The molecule has 0 unspecified atom stereocenters. The third-order valence-corrected chi connectivity index (χ3v) is 2.02. The standard InChI is InChI=1S/C10H18N2O4/c1-10(2,6-13)5-8(15)12-4-3-7(14)9(11)16/h13H,3-6H2,1-2H3,(H2,11,16)(H,12,15). The van der Waals surface area contributed by atoms with Gasteiger partial charge in [-0.2, -0.15) is 0 Å². The van der Waals surface area contributed by atoms with Crippen LogP contribution in [0, 0.1) is 5.41 Å². The highest BCUT2D eigenvalue weighted by atomic mass is 16.3. The highest BCUT2D eigenvalue weighted by molar-refractivity contribution is 6.35. The summed E-state index contributed by atoms with van der Waals surface area (Å²) in [5.74, 6) is -1.97. The van der Waals surface area contributed by atoms with E-state index in [0.717, 1.165) is 0 Å². The van der Waals surface area contributed by atoms with Crippen molar-refractivity contribution in [1.82, 2.24) is 5.32 Å². The summed E-state index contributed by atoms with van der Waals surface area (Å²) in [5.41, 5.74) is 4.25. The fourth-order valence-electron chi connectivity index (χ4n) is 0.992. The van der Waals surface area contributed by atoms with Gasteiger partial charge in [-0.05, 0) is 5.41 Å². The second-order valence-corrected chi connectivity index (χ2v) is 4.39. The van der Waals surface area contributed by atoms with E-state index in [1.807, 2.05) is 0 Å². The van der Waals surface area contributed by atoms with Gasteiger partial charge in [0.05, 0.1) is 0 Å². The molecular weight excluding hydrogens is 212 g/mol. The van der Waals surface area contributed by atoms with E-state index in [0.29, 0.717) is 0 Å². The van der Waals surface area contributed by atoms with E-state index >= 15 is 0 Å². The van der Waals surface area contributed by atoms with Gasteiger partial charge in [0.1, 0.15) is 0 Å². The minimum Gasteiger partial charge on any atom is -0.396 e. The zero-order valence-corrected chi connectivity index (χ0v) is 9.58. The van der Waals surface area contributed by atoms with Crippen LogP contribution in [0.1, 0.15) is 26.7 Å². The number of carbonyl (C=O) groups is 3. The molecule has 0 aromatic carbocycles. The number of aliphatic hydroxyl groups is 1. The van der Waals surface area contributed by atoms with Gasteiger partial charge in [-0.15, -0.1) is 0 Å². The van der Waals surface area contributed by atoms with Crippen LogP contribution in [0.15, 0.2) is 0 Å². The molecule has 2 amide bonds. The van der Waals surface area contributed by atoms with Crippen LogP contribution in [-0.2, 0) is 14.4 Å². The second-order valence-electron chi connectivity index (χ2n) is 4.39. The van der Waals surface area contributed by atoms with Crippen molar-refractivity contribution in [3.05, 3.63) is 0 Å². The molecule has 0 saturated carbocycles. The Labute approximate surface area is 94.2 Å². The summed E-state index contributed by atoms with van der Waals surface area (Å²) in [6.45, 7) is 3.49. The van der Waals surface area contributed by atoms with E-state index in [9.17, 15) is 14.4 Å². The molecule has 0 aromatic heterocycles. The number of aliphatic hydroxyl groups excluding tert-OH is 1. The lowest BCUT2D eigenvalue weighted by atomic mass is 9.90. The van der Waals surface area contributed by atoms with Crippen molar-refractivity contribution >= 4 is 17.6 Å². The number of hydrogen-bond donors (Lipinski definition) is 3. The number of nitrogens with one attached hydrogen (secondary N) is 1. The molecule has 0 aromatic rings. The summed E-state index contributed by atoms with van der Waals surface area (Å²) in [6, 6.07) is 0. The highest BCUT2D eigenvalue weighted by Crippen LogP contribution is 2.18. The molecule has 4 N–H and O–H groups in total. The molecule has 0 atom stereocenters. The van der Waals surface area contributed by atoms with Gasteiger partial charge in [-0.25, -0.2) is 0 Å². The van der Waals surface area contributed by atoms with Crippen molar-refractivity contribution in [3.63, 3.8) is 0 Å². The van der Waals surface area contributed by atoms with Gasteiger partial charge in [0.25, 0.3) is 5.91 Å². The number of carbonyl (C=O) groups excluding carboxylic acids is 3. The molecule has 0 heterocycles. The third kappa shape index (κ3) is 6.13. The minimum absolute atomic E-state index is 0.0854. The predicted octanol–water partition coefficient (Wildman–Crippen LogP) is -1.04. The van der Waals surface area contributed by atoms with Gasteiger partial charge >= 0.3 is 0 Å². The molecule has 0 spiro atoms. The Morgan fingerprint density at radius 1 is 1.31 bits per heavy atom. The van der Waals surface area contributed by atoms with Gasteiger partial charge < -0.3 is 16.2 Å². The molecular formula is C10H18N2O4. The van der Waals surface area contributed by atoms with Crippen molar-refractivity contribution in [1.29, 1.82) is 0 Å². The Morgan fingerprint density at radius 3 is 2.31 bits per heavy atom. The van der Waals surface area contributed by atoms with Crippen molar-refractivity contribution in [3.8, 4) is 0 Å². The maximum absolute atomic E-state index is 11.3. The van der Waals surface area contributed by atoms with Gasteiger partial charge in [-0.3, -0.25) is 14.4 Å². The second kappa shape index (κ2) is 6.22. The first kappa shape index (κ1) is 14.6. The highest BCUT2D eigenvalue weighted by Gasteiger charge is 2.20. The number of rotatable bonds is 7. The molecule has 92 valence electrons. The van der Waals surface area contributed by atoms with E-state index in [1.54, 1.807) is 13.8 Å². The summed E-state index contributed by atoms with van der Waals surface area (Å²) in [6.07, 6.45) is 0.0644. The number of ketones is 1. The van der Waals surface area contributed by atoms with Crippen molar-refractivity contribution in [2.75, 3.05) is 13.2 Å². The van der Waals surface area contributed by atoms with E-state index < -0.39 is 17.1 Å². The fraction of sp³-hybridized carbons (Fsp3) is 0.700. The van der Waals surface area contributed by atoms with Crippen molar-refractivity contribution < 1.29 is 19.5 Å². The molecule has 0 saturated heterocycles. The molecule has 6 heteroatoms. The molecule has 16 heavy (non-hydrogen) atoms. The Hall–Kier alpha value is -1.43. The quantitative estimate of drug-likeness (QED) is 0.485. The largest absolute Gasteiger partial charge is 0.396 e. The van der Waals surface area contributed by atoms with Crippen LogP contribution < -0.4 is 11.1 Å².